The summed E-state index contributed by atoms with van der Waals surface area (Å²) >= 11 is 0. The first-order valence-electron chi connectivity index (χ1n) is 4.59. The lowest BCUT2D eigenvalue weighted by Gasteiger charge is -2.20. The van der Waals surface area contributed by atoms with Crippen LogP contribution >= 0.6 is 0 Å². The average Bonchev–Trinajstić information content (AvgIpc) is 2.27. The predicted molar refractivity (Wildman–Crippen MR) is 48.2 cm³/mol. The zero-order valence-electron chi connectivity index (χ0n) is 8.19. The Balaban J connectivity index is 2.61. The fourth-order valence-corrected chi connectivity index (χ4v) is 1.70. The summed E-state index contributed by atoms with van der Waals surface area (Å²) in [6.07, 6.45) is 1.08. The molecule has 1 rings (SSSR count). The number of hydrogen-bond donors (Lipinski definition) is 1. The summed E-state index contributed by atoms with van der Waals surface area (Å²) in [6, 6.07) is 0. The highest BCUT2D eigenvalue weighted by Gasteiger charge is 2.30. The fourth-order valence-electron chi connectivity index (χ4n) is 1.70. The zero-order valence-corrected chi connectivity index (χ0v) is 8.19. The molecule has 13 heavy (non-hydrogen) atoms. The lowest BCUT2D eigenvalue weighted by Crippen LogP contribution is -2.36. The van der Waals surface area contributed by atoms with Gasteiger partial charge >= 0.3 is 5.97 Å². The van der Waals surface area contributed by atoms with E-state index in [1.807, 2.05) is 7.05 Å². The van der Waals surface area contributed by atoms with Crippen molar-refractivity contribution < 1.29 is 14.6 Å². The number of hydrogen-bond acceptors (Lipinski definition) is 4. The van der Waals surface area contributed by atoms with Crippen LogP contribution in [0.15, 0.2) is 0 Å². The van der Waals surface area contributed by atoms with Crippen molar-refractivity contribution in [2.45, 2.75) is 18.9 Å². The molecule has 0 bridgehead atoms. The molecule has 4 heteroatoms. The van der Waals surface area contributed by atoms with Crippen LogP contribution in [0.25, 0.3) is 0 Å². The average molecular weight is 187 g/mol. The third kappa shape index (κ3) is 2.67. The molecule has 2 unspecified atom stereocenters. The van der Waals surface area contributed by atoms with Gasteiger partial charge in [0.25, 0.3) is 0 Å². The Morgan fingerprint density at radius 1 is 1.62 bits per heavy atom. The fraction of sp³-hybridized carbons (Fsp3) is 0.889. The zero-order chi connectivity index (χ0) is 9.84. The quantitative estimate of drug-likeness (QED) is 0.581. The van der Waals surface area contributed by atoms with Crippen molar-refractivity contribution in [3.8, 4) is 0 Å². The van der Waals surface area contributed by atoms with E-state index >= 15 is 0 Å². The smallest absolute Gasteiger partial charge is 0.312 e. The van der Waals surface area contributed by atoms with E-state index in [1.54, 1.807) is 0 Å². The van der Waals surface area contributed by atoms with Gasteiger partial charge < -0.3 is 14.7 Å². The summed E-state index contributed by atoms with van der Waals surface area (Å²) < 4.78 is 4.64. The molecule has 0 radical (unpaired) electrons. The Bertz CT molecular complexity index is 184. The number of aliphatic hydroxyl groups is 1. The minimum atomic E-state index is -0.544. The molecule has 0 aromatic heterocycles. The van der Waals surface area contributed by atoms with Gasteiger partial charge in [0.2, 0.25) is 0 Å². The molecule has 2 atom stereocenters. The molecule has 1 fully saturated rings. The van der Waals surface area contributed by atoms with Gasteiger partial charge in [-0.1, -0.05) is 0 Å². The molecule has 0 aromatic carbocycles. The molecule has 76 valence electrons. The van der Waals surface area contributed by atoms with Gasteiger partial charge in [-0.15, -0.1) is 0 Å². The van der Waals surface area contributed by atoms with E-state index in [0.29, 0.717) is 13.0 Å². The van der Waals surface area contributed by atoms with Gasteiger partial charge in [0.15, 0.2) is 0 Å². The highest BCUT2D eigenvalue weighted by Crippen LogP contribution is 2.17. The molecule has 1 heterocycles. The number of rotatable bonds is 1. The molecule has 0 spiro atoms. The maximum absolute atomic E-state index is 11.3. The molecule has 0 saturated carbocycles. The Morgan fingerprint density at radius 3 is 2.92 bits per heavy atom. The first-order valence-corrected chi connectivity index (χ1v) is 4.59. The molecular formula is C9H17NO3. The van der Waals surface area contributed by atoms with Crippen molar-refractivity contribution in [1.29, 1.82) is 0 Å². The second kappa shape index (κ2) is 4.58. The van der Waals surface area contributed by atoms with Crippen LogP contribution in [0, 0.1) is 5.92 Å². The number of aliphatic hydroxyl groups excluding tert-OH is 1. The number of methoxy groups -OCH3 is 1. The third-order valence-electron chi connectivity index (χ3n) is 2.52. The third-order valence-corrected chi connectivity index (χ3v) is 2.52. The summed E-state index contributed by atoms with van der Waals surface area (Å²) in [5.74, 6) is -0.682. The largest absolute Gasteiger partial charge is 0.469 e. The number of nitrogens with zero attached hydrogens (tertiary/aromatic N) is 1. The minimum Gasteiger partial charge on any atom is -0.469 e. The first-order chi connectivity index (χ1) is 6.15. The summed E-state index contributed by atoms with van der Waals surface area (Å²) in [7, 11) is 3.31. The van der Waals surface area contributed by atoms with E-state index in [2.05, 4.69) is 9.64 Å². The summed E-state index contributed by atoms with van der Waals surface area (Å²) in [6.45, 7) is 1.53. The summed E-state index contributed by atoms with van der Waals surface area (Å²) in [4.78, 5) is 13.3. The lowest BCUT2D eigenvalue weighted by atomic mass is 10.0. The molecule has 1 aliphatic heterocycles. The van der Waals surface area contributed by atoms with Crippen LogP contribution < -0.4 is 0 Å². The van der Waals surface area contributed by atoms with E-state index in [-0.39, 0.29) is 11.9 Å². The molecule has 1 N–H and O–H groups in total. The summed E-state index contributed by atoms with van der Waals surface area (Å²) in [5, 5.41) is 9.64. The van der Waals surface area contributed by atoms with Gasteiger partial charge in [0.05, 0.1) is 19.1 Å². The van der Waals surface area contributed by atoms with Crippen LogP contribution in [-0.2, 0) is 9.53 Å². The van der Waals surface area contributed by atoms with E-state index in [0.717, 1.165) is 13.0 Å². The number of likely N-dealkylation sites (tertiary alicyclic amines) is 1. The Morgan fingerprint density at radius 2 is 2.31 bits per heavy atom. The molecule has 1 aliphatic rings. The Hall–Kier alpha value is -0.610. The van der Waals surface area contributed by atoms with Crippen LogP contribution in [0.2, 0.25) is 0 Å². The van der Waals surface area contributed by atoms with Gasteiger partial charge in [-0.05, 0) is 26.4 Å². The highest BCUT2D eigenvalue weighted by atomic mass is 16.5. The van der Waals surface area contributed by atoms with Gasteiger partial charge in [-0.25, -0.2) is 0 Å². The highest BCUT2D eigenvalue weighted by molar-refractivity contribution is 5.73. The van der Waals surface area contributed by atoms with Gasteiger partial charge in [0.1, 0.15) is 0 Å². The second-order valence-electron chi connectivity index (χ2n) is 3.60. The normalized spacial score (nSPS) is 31.0. The van der Waals surface area contributed by atoms with Crippen molar-refractivity contribution in [1.82, 2.24) is 4.90 Å². The Kier molecular flexibility index (Phi) is 3.69. The van der Waals surface area contributed by atoms with E-state index < -0.39 is 6.10 Å². The maximum atomic E-state index is 11.3. The minimum absolute atomic E-state index is 0.304. The van der Waals surface area contributed by atoms with Crippen molar-refractivity contribution in [3.05, 3.63) is 0 Å². The molecule has 0 aliphatic carbocycles. The van der Waals surface area contributed by atoms with Crippen molar-refractivity contribution >= 4 is 5.97 Å². The topological polar surface area (TPSA) is 49.8 Å². The van der Waals surface area contributed by atoms with Crippen molar-refractivity contribution in [3.63, 3.8) is 0 Å². The van der Waals surface area contributed by atoms with Crippen LogP contribution in [0.3, 0.4) is 0 Å². The molecule has 0 amide bonds. The van der Waals surface area contributed by atoms with Gasteiger partial charge in [-0.2, -0.15) is 0 Å². The number of ether oxygens (including phenoxy) is 1. The number of carbonyl (C=O) groups is 1. The molecular weight excluding hydrogens is 170 g/mol. The Labute approximate surface area is 78.5 Å². The van der Waals surface area contributed by atoms with E-state index in [9.17, 15) is 9.90 Å². The van der Waals surface area contributed by atoms with Crippen LogP contribution in [0.5, 0.6) is 0 Å². The summed E-state index contributed by atoms with van der Waals surface area (Å²) in [5.41, 5.74) is 0. The molecule has 4 nitrogen and oxygen atoms in total. The van der Waals surface area contributed by atoms with Gasteiger partial charge in [-0.3, -0.25) is 4.79 Å². The van der Waals surface area contributed by atoms with Crippen molar-refractivity contribution in [2.75, 3.05) is 27.2 Å². The number of carbonyl (C=O) groups excluding carboxylic acids is 1. The van der Waals surface area contributed by atoms with Gasteiger partial charge in [0, 0.05) is 6.54 Å². The van der Waals surface area contributed by atoms with Crippen LogP contribution in [0.4, 0.5) is 0 Å². The number of esters is 1. The monoisotopic (exact) mass is 187 g/mol. The predicted octanol–water partition coefficient (Wildman–Crippen LogP) is -0.138. The first kappa shape index (κ1) is 10.5. The van der Waals surface area contributed by atoms with Crippen LogP contribution in [-0.4, -0.2) is 49.3 Å². The van der Waals surface area contributed by atoms with Crippen molar-refractivity contribution in [2.24, 2.45) is 5.92 Å². The van der Waals surface area contributed by atoms with E-state index in [4.69, 9.17) is 0 Å². The standard InChI is InChI=1S/C9H17NO3/c1-10-5-3-4-8(11)7(6-10)9(12)13-2/h7-8,11H,3-6H2,1-2H3. The van der Waals surface area contributed by atoms with Crippen LogP contribution in [0.1, 0.15) is 12.8 Å². The van der Waals surface area contributed by atoms with E-state index in [1.165, 1.54) is 7.11 Å². The second-order valence-corrected chi connectivity index (χ2v) is 3.60. The SMILES string of the molecule is COC(=O)C1CN(C)CCCC1O. The lowest BCUT2D eigenvalue weighted by molar-refractivity contribution is -0.149. The maximum Gasteiger partial charge on any atom is 0.312 e. The molecule has 0 aromatic rings. The molecule has 1 saturated heterocycles.